The van der Waals surface area contributed by atoms with Crippen molar-refractivity contribution in [1.29, 1.82) is 0 Å². The van der Waals surface area contributed by atoms with Crippen molar-refractivity contribution in [2.24, 2.45) is 5.92 Å². The summed E-state index contributed by atoms with van der Waals surface area (Å²) >= 11 is 0. The highest BCUT2D eigenvalue weighted by molar-refractivity contribution is 5.24. The number of alkyl halides is 3. The number of hydrogen-bond donors (Lipinski definition) is 1. The second-order valence-electron chi connectivity index (χ2n) is 4.27. The molecule has 100 valence electrons. The molecule has 1 aromatic carbocycles. The Hall–Kier alpha value is -1.14. The first-order chi connectivity index (χ1) is 8.45. The summed E-state index contributed by atoms with van der Waals surface area (Å²) in [5.74, 6) is -2.52. The van der Waals surface area contributed by atoms with Crippen molar-refractivity contribution >= 4 is 0 Å². The topological polar surface area (TPSA) is 29.5 Å². The lowest BCUT2D eigenvalue weighted by Crippen LogP contribution is -2.36. The molecule has 6 heteroatoms. The van der Waals surface area contributed by atoms with E-state index < -0.39 is 36.5 Å². The van der Waals surface area contributed by atoms with E-state index >= 15 is 0 Å². The maximum atomic E-state index is 13.6. The normalized spacial score (nSPS) is 28.6. The van der Waals surface area contributed by atoms with Gasteiger partial charge in [-0.1, -0.05) is 18.2 Å². The van der Waals surface area contributed by atoms with Gasteiger partial charge in [-0.2, -0.15) is 13.2 Å². The third kappa shape index (κ3) is 2.35. The molecule has 2 nitrogen and oxygen atoms in total. The molecule has 0 bridgehead atoms. The van der Waals surface area contributed by atoms with Crippen LogP contribution in [0.4, 0.5) is 17.6 Å². The highest BCUT2D eigenvalue weighted by atomic mass is 19.4. The Kier molecular flexibility index (Phi) is 3.59. The number of rotatable bonds is 2. The summed E-state index contributed by atoms with van der Waals surface area (Å²) in [6, 6.07) is 5.62. The summed E-state index contributed by atoms with van der Waals surface area (Å²) in [5, 5.41) is 9.12. The third-order valence-corrected chi connectivity index (χ3v) is 3.20. The predicted octanol–water partition coefficient (Wildman–Crippen LogP) is 2.48. The van der Waals surface area contributed by atoms with Crippen LogP contribution in [0.5, 0.6) is 0 Å². The summed E-state index contributed by atoms with van der Waals surface area (Å²) < 4.78 is 56.2. The Bertz CT molecular complexity index is 419. The van der Waals surface area contributed by atoms with Crippen molar-refractivity contribution in [3.8, 4) is 0 Å². The van der Waals surface area contributed by atoms with Crippen LogP contribution < -0.4 is 0 Å². The molecule has 1 saturated heterocycles. The SMILES string of the molecule is OC[C@H]1[C@@H](c2ccccc2F)CO[C@@H]1C(F)(F)F. The number of hydrogen-bond acceptors (Lipinski definition) is 2. The van der Waals surface area contributed by atoms with Gasteiger partial charge in [0.15, 0.2) is 6.10 Å². The largest absolute Gasteiger partial charge is 0.415 e. The fraction of sp³-hybridized carbons (Fsp3) is 0.500. The minimum absolute atomic E-state index is 0.156. The van der Waals surface area contributed by atoms with Crippen LogP contribution >= 0.6 is 0 Å². The smallest absolute Gasteiger partial charge is 0.396 e. The van der Waals surface area contributed by atoms with E-state index in [1.54, 1.807) is 6.07 Å². The van der Waals surface area contributed by atoms with Crippen LogP contribution in [-0.4, -0.2) is 30.6 Å². The molecule has 2 rings (SSSR count). The van der Waals surface area contributed by atoms with E-state index in [2.05, 4.69) is 0 Å². The van der Waals surface area contributed by atoms with Crippen molar-refractivity contribution in [2.45, 2.75) is 18.2 Å². The van der Waals surface area contributed by atoms with Gasteiger partial charge in [0.1, 0.15) is 5.82 Å². The Morgan fingerprint density at radius 1 is 1.28 bits per heavy atom. The molecular formula is C12H12F4O2. The van der Waals surface area contributed by atoms with Gasteiger partial charge in [0.2, 0.25) is 0 Å². The lowest BCUT2D eigenvalue weighted by Gasteiger charge is -2.23. The molecule has 3 atom stereocenters. The summed E-state index contributed by atoms with van der Waals surface area (Å²) in [6.07, 6.45) is -6.58. The van der Waals surface area contributed by atoms with Gasteiger partial charge in [-0.15, -0.1) is 0 Å². The summed E-state index contributed by atoms with van der Waals surface area (Å²) in [5.41, 5.74) is 0.156. The Labute approximate surface area is 101 Å². The molecule has 1 fully saturated rings. The van der Waals surface area contributed by atoms with Gasteiger partial charge < -0.3 is 9.84 Å². The molecule has 0 aromatic heterocycles. The fourth-order valence-corrected chi connectivity index (χ4v) is 2.32. The third-order valence-electron chi connectivity index (χ3n) is 3.20. The van der Waals surface area contributed by atoms with Crippen LogP contribution in [0.15, 0.2) is 24.3 Å². The number of benzene rings is 1. The van der Waals surface area contributed by atoms with E-state index in [9.17, 15) is 17.6 Å². The van der Waals surface area contributed by atoms with E-state index in [4.69, 9.17) is 9.84 Å². The van der Waals surface area contributed by atoms with Crippen LogP contribution in [0.3, 0.4) is 0 Å². The highest BCUT2D eigenvalue weighted by Crippen LogP contribution is 2.42. The average molecular weight is 264 g/mol. The van der Waals surface area contributed by atoms with Gasteiger partial charge in [0.25, 0.3) is 0 Å². The molecule has 1 heterocycles. The van der Waals surface area contributed by atoms with E-state index in [0.29, 0.717) is 0 Å². The summed E-state index contributed by atoms with van der Waals surface area (Å²) in [4.78, 5) is 0. The summed E-state index contributed by atoms with van der Waals surface area (Å²) in [7, 11) is 0. The van der Waals surface area contributed by atoms with Gasteiger partial charge in [-0.05, 0) is 11.6 Å². The van der Waals surface area contributed by atoms with Crippen molar-refractivity contribution in [1.82, 2.24) is 0 Å². The van der Waals surface area contributed by atoms with Crippen molar-refractivity contribution < 1.29 is 27.4 Å². The minimum Gasteiger partial charge on any atom is -0.396 e. The van der Waals surface area contributed by atoms with Gasteiger partial charge in [0, 0.05) is 18.4 Å². The molecule has 0 radical (unpaired) electrons. The predicted molar refractivity (Wildman–Crippen MR) is 55.5 cm³/mol. The molecule has 0 spiro atoms. The zero-order chi connectivity index (χ0) is 13.3. The molecular weight excluding hydrogens is 252 g/mol. The maximum Gasteiger partial charge on any atom is 0.415 e. The van der Waals surface area contributed by atoms with Gasteiger partial charge in [-0.25, -0.2) is 4.39 Å². The van der Waals surface area contributed by atoms with Crippen LogP contribution in [0.1, 0.15) is 11.5 Å². The van der Waals surface area contributed by atoms with Crippen molar-refractivity contribution in [3.63, 3.8) is 0 Å². The molecule has 1 N–H and O–H groups in total. The first-order valence-electron chi connectivity index (χ1n) is 5.48. The molecule has 18 heavy (non-hydrogen) atoms. The first-order valence-corrected chi connectivity index (χ1v) is 5.48. The standard InChI is InChI=1S/C12H12F4O2/c13-10-4-2-1-3-7(10)9-6-18-11(8(9)5-17)12(14,15)16/h1-4,8-9,11,17H,5-6H2/t8-,9+,11-/m0/s1. The highest BCUT2D eigenvalue weighted by Gasteiger charge is 2.52. The van der Waals surface area contributed by atoms with Crippen LogP contribution in [0, 0.1) is 11.7 Å². The molecule has 1 aliphatic heterocycles. The minimum atomic E-state index is -4.55. The van der Waals surface area contributed by atoms with Crippen LogP contribution in [0.2, 0.25) is 0 Å². The first kappa shape index (κ1) is 13.3. The van der Waals surface area contributed by atoms with E-state index in [1.807, 2.05) is 0 Å². The number of halogens is 4. The second-order valence-corrected chi connectivity index (χ2v) is 4.27. The number of aliphatic hydroxyl groups excluding tert-OH is 1. The quantitative estimate of drug-likeness (QED) is 0.831. The zero-order valence-corrected chi connectivity index (χ0v) is 9.32. The zero-order valence-electron chi connectivity index (χ0n) is 9.32. The fourth-order valence-electron chi connectivity index (χ4n) is 2.32. The van der Waals surface area contributed by atoms with Gasteiger partial charge in [0.05, 0.1) is 6.61 Å². The number of aliphatic hydroxyl groups is 1. The Balaban J connectivity index is 2.29. The van der Waals surface area contributed by atoms with E-state index in [0.717, 1.165) is 0 Å². The molecule has 1 aromatic rings. The van der Waals surface area contributed by atoms with Crippen molar-refractivity contribution in [3.05, 3.63) is 35.6 Å². The lowest BCUT2D eigenvalue weighted by molar-refractivity contribution is -0.218. The van der Waals surface area contributed by atoms with Gasteiger partial charge in [-0.3, -0.25) is 0 Å². The molecule has 0 unspecified atom stereocenters. The Morgan fingerprint density at radius 3 is 2.50 bits per heavy atom. The Morgan fingerprint density at radius 2 is 1.94 bits per heavy atom. The lowest BCUT2D eigenvalue weighted by atomic mass is 9.85. The maximum absolute atomic E-state index is 13.6. The molecule has 0 amide bonds. The molecule has 0 aliphatic carbocycles. The second kappa shape index (κ2) is 4.85. The van der Waals surface area contributed by atoms with Crippen molar-refractivity contribution in [2.75, 3.05) is 13.2 Å². The van der Waals surface area contributed by atoms with Gasteiger partial charge >= 0.3 is 6.18 Å². The summed E-state index contributed by atoms with van der Waals surface area (Å²) in [6.45, 7) is -0.931. The van der Waals surface area contributed by atoms with Crippen LogP contribution in [0.25, 0.3) is 0 Å². The molecule has 1 aliphatic rings. The average Bonchev–Trinajstić information content (AvgIpc) is 2.72. The van der Waals surface area contributed by atoms with E-state index in [-0.39, 0.29) is 12.2 Å². The monoisotopic (exact) mass is 264 g/mol. The van der Waals surface area contributed by atoms with E-state index in [1.165, 1.54) is 18.2 Å². The molecule has 0 saturated carbocycles. The number of ether oxygens (including phenoxy) is 1. The van der Waals surface area contributed by atoms with Crippen LogP contribution in [-0.2, 0) is 4.74 Å².